The smallest absolute Gasteiger partial charge is 0.0951 e. The summed E-state index contributed by atoms with van der Waals surface area (Å²) in [5.74, 6) is 0. The minimum Gasteiger partial charge on any atom is -0.375 e. The van der Waals surface area contributed by atoms with Crippen LogP contribution in [0.1, 0.15) is 51.4 Å². The largest absolute Gasteiger partial charge is 0.375 e. The topological polar surface area (TPSA) is 53.1 Å². The van der Waals surface area contributed by atoms with Crippen molar-refractivity contribution in [3.05, 3.63) is 18.2 Å². The minimum absolute atomic E-state index is 0.0356. The Morgan fingerprint density at radius 3 is 3.00 bits per heavy atom. The first-order chi connectivity index (χ1) is 7.49. The average Bonchev–Trinajstić information content (AvgIpc) is 2.64. The number of ether oxygens (including phenoxy) is 1. The van der Waals surface area contributed by atoms with E-state index in [1.807, 2.05) is 19.4 Å². The van der Waals surface area contributed by atoms with E-state index in [0.717, 1.165) is 25.1 Å². The molecule has 0 spiro atoms. The van der Waals surface area contributed by atoms with E-state index in [9.17, 15) is 0 Å². The Balaban J connectivity index is 2.20. The van der Waals surface area contributed by atoms with Crippen LogP contribution in [0, 0.1) is 0 Å². The zero-order valence-corrected chi connectivity index (χ0v) is 10.3. The van der Waals surface area contributed by atoms with Crippen LogP contribution < -0.4 is 5.73 Å². The molecule has 4 heteroatoms. The number of nitrogens with zero attached hydrogens (tertiary/aromatic N) is 2. The summed E-state index contributed by atoms with van der Waals surface area (Å²) in [6, 6.07) is 0.501. The first-order valence-corrected chi connectivity index (χ1v) is 5.91. The fourth-order valence-electron chi connectivity index (χ4n) is 2.41. The van der Waals surface area contributed by atoms with Crippen LogP contribution in [-0.2, 0) is 4.74 Å². The van der Waals surface area contributed by atoms with Crippen molar-refractivity contribution in [1.82, 2.24) is 9.55 Å². The van der Waals surface area contributed by atoms with Gasteiger partial charge in [-0.3, -0.25) is 0 Å². The summed E-state index contributed by atoms with van der Waals surface area (Å²) in [6.07, 6.45) is 5.82. The lowest BCUT2D eigenvalue weighted by molar-refractivity contribution is -0.0695. The molecule has 90 valence electrons. The van der Waals surface area contributed by atoms with Gasteiger partial charge in [0.15, 0.2) is 0 Å². The van der Waals surface area contributed by atoms with Crippen molar-refractivity contribution >= 4 is 0 Å². The maximum Gasteiger partial charge on any atom is 0.0951 e. The molecule has 1 aliphatic rings. The molecule has 0 bridgehead atoms. The number of aromatic nitrogens is 2. The van der Waals surface area contributed by atoms with E-state index in [4.69, 9.17) is 10.5 Å². The second kappa shape index (κ2) is 4.18. The lowest BCUT2D eigenvalue weighted by Gasteiger charge is -2.36. The molecule has 2 rings (SSSR count). The Kier molecular flexibility index (Phi) is 3.04. The van der Waals surface area contributed by atoms with Gasteiger partial charge in [0.05, 0.1) is 17.6 Å². The van der Waals surface area contributed by atoms with Gasteiger partial charge in [-0.15, -0.1) is 0 Å². The van der Waals surface area contributed by atoms with Gasteiger partial charge >= 0.3 is 0 Å². The quantitative estimate of drug-likeness (QED) is 0.834. The Morgan fingerprint density at radius 2 is 2.38 bits per heavy atom. The highest BCUT2D eigenvalue weighted by atomic mass is 16.5. The molecule has 1 fully saturated rings. The normalized spacial score (nSPS) is 26.6. The standard InChI is InChI=1S/C12H21N3O/c1-9(13)11-7-14-8-15(11)10-4-5-16-12(2,3)6-10/h7-10H,4-6,13H2,1-3H3. The van der Waals surface area contributed by atoms with Crippen LogP contribution in [0.15, 0.2) is 12.5 Å². The van der Waals surface area contributed by atoms with Crippen molar-refractivity contribution in [2.75, 3.05) is 6.61 Å². The van der Waals surface area contributed by atoms with Crippen molar-refractivity contribution in [3.63, 3.8) is 0 Å². The van der Waals surface area contributed by atoms with Gasteiger partial charge in [-0.1, -0.05) is 0 Å². The van der Waals surface area contributed by atoms with E-state index in [2.05, 4.69) is 23.4 Å². The van der Waals surface area contributed by atoms with Gasteiger partial charge in [0.2, 0.25) is 0 Å². The highest BCUT2D eigenvalue weighted by Crippen LogP contribution is 2.33. The van der Waals surface area contributed by atoms with Crippen molar-refractivity contribution < 1.29 is 4.74 Å². The number of nitrogens with two attached hydrogens (primary N) is 1. The van der Waals surface area contributed by atoms with E-state index in [1.54, 1.807) is 0 Å². The average molecular weight is 223 g/mol. The zero-order chi connectivity index (χ0) is 11.8. The van der Waals surface area contributed by atoms with Crippen LogP contribution in [0.5, 0.6) is 0 Å². The molecule has 0 radical (unpaired) electrons. The van der Waals surface area contributed by atoms with E-state index in [-0.39, 0.29) is 11.6 Å². The second-order valence-electron chi connectivity index (χ2n) is 5.27. The predicted octanol–water partition coefficient (Wildman–Crippen LogP) is 2.03. The van der Waals surface area contributed by atoms with Crippen LogP contribution >= 0.6 is 0 Å². The first-order valence-electron chi connectivity index (χ1n) is 5.91. The van der Waals surface area contributed by atoms with Crippen LogP contribution in [0.2, 0.25) is 0 Å². The highest BCUT2D eigenvalue weighted by molar-refractivity contribution is 5.05. The highest BCUT2D eigenvalue weighted by Gasteiger charge is 2.30. The molecular formula is C12H21N3O. The maximum absolute atomic E-state index is 5.94. The monoisotopic (exact) mass is 223 g/mol. The zero-order valence-electron chi connectivity index (χ0n) is 10.3. The molecule has 2 unspecified atom stereocenters. The third kappa shape index (κ3) is 2.28. The molecule has 4 nitrogen and oxygen atoms in total. The molecule has 16 heavy (non-hydrogen) atoms. The Hall–Kier alpha value is -0.870. The van der Waals surface area contributed by atoms with Crippen LogP contribution in [0.3, 0.4) is 0 Å². The lowest BCUT2D eigenvalue weighted by atomic mass is 9.93. The molecule has 0 amide bonds. The summed E-state index contributed by atoms with van der Waals surface area (Å²) in [5, 5.41) is 0. The summed E-state index contributed by atoms with van der Waals surface area (Å²) in [7, 11) is 0. The molecular weight excluding hydrogens is 202 g/mol. The molecule has 1 aromatic rings. The lowest BCUT2D eigenvalue weighted by Crippen LogP contribution is -2.35. The third-order valence-electron chi connectivity index (χ3n) is 3.23. The third-order valence-corrected chi connectivity index (χ3v) is 3.23. The maximum atomic E-state index is 5.94. The van der Waals surface area contributed by atoms with Gasteiger partial charge in [-0.05, 0) is 33.6 Å². The van der Waals surface area contributed by atoms with Gasteiger partial charge in [-0.25, -0.2) is 4.98 Å². The summed E-state index contributed by atoms with van der Waals surface area (Å²) in [4.78, 5) is 4.21. The number of imidazole rings is 1. The summed E-state index contributed by atoms with van der Waals surface area (Å²) in [6.45, 7) is 7.09. The molecule has 1 saturated heterocycles. The second-order valence-corrected chi connectivity index (χ2v) is 5.27. The van der Waals surface area contributed by atoms with Gasteiger partial charge in [-0.2, -0.15) is 0 Å². The first kappa shape index (κ1) is 11.6. The van der Waals surface area contributed by atoms with Crippen LogP contribution in [0.4, 0.5) is 0 Å². The van der Waals surface area contributed by atoms with E-state index < -0.39 is 0 Å². The number of hydrogen-bond acceptors (Lipinski definition) is 3. The SMILES string of the molecule is CC(N)c1cncn1C1CCOC(C)(C)C1. The van der Waals surface area contributed by atoms with Gasteiger partial charge < -0.3 is 15.0 Å². The number of hydrogen-bond donors (Lipinski definition) is 1. The van der Waals surface area contributed by atoms with Gasteiger partial charge in [0.1, 0.15) is 0 Å². The molecule has 0 aromatic carbocycles. The molecule has 1 aromatic heterocycles. The summed E-state index contributed by atoms with van der Waals surface area (Å²) in [5.41, 5.74) is 7.02. The molecule has 2 N–H and O–H groups in total. The molecule has 0 saturated carbocycles. The molecule has 2 heterocycles. The van der Waals surface area contributed by atoms with Crippen LogP contribution in [0.25, 0.3) is 0 Å². The Labute approximate surface area is 96.8 Å². The van der Waals surface area contributed by atoms with E-state index in [1.165, 1.54) is 0 Å². The predicted molar refractivity (Wildman–Crippen MR) is 63.1 cm³/mol. The Bertz CT molecular complexity index is 357. The minimum atomic E-state index is -0.0394. The summed E-state index contributed by atoms with van der Waals surface area (Å²) >= 11 is 0. The van der Waals surface area contributed by atoms with E-state index in [0.29, 0.717) is 6.04 Å². The summed E-state index contributed by atoms with van der Waals surface area (Å²) < 4.78 is 7.95. The Morgan fingerprint density at radius 1 is 1.62 bits per heavy atom. The van der Waals surface area contributed by atoms with Crippen molar-refractivity contribution in [1.29, 1.82) is 0 Å². The molecule has 2 atom stereocenters. The van der Waals surface area contributed by atoms with Crippen molar-refractivity contribution in [2.45, 2.75) is 51.3 Å². The van der Waals surface area contributed by atoms with E-state index >= 15 is 0 Å². The van der Waals surface area contributed by atoms with Crippen LogP contribution in [-0.4, -0.2) is 21.8 Å². The number of rotatable bonds is 2. The fourth-order valence-corrected chi connectivity index (χ4v) is 2.41. The fraction of sp³-hybridized carbons (Fsp3) is 0.750. The van der Waals surface area contributed by atoms with Gasteiger partial charge in [0.25, 0.3) is 0 Å². The molecule has 0 aliphatic carbocycles. The van der Waals surface area contributed by atoms with Gasteiger partial charge in [0, 0.05) is 24.9 Å². The van der Waals surface area contributed by atoms with Crippen molar-refractivity contribution in [2.24, 2.45) is 5.73 Å². The van der Waals surface area contributed by atoms with Crippen molar-refractivity contribution in [3.8, 4) is 0 Å². The molecule has 1 aliphatic heterocycles.